The number of hydrogen-bond donors (Lipinski definition) is 0. The summed E-state index contributed by atoms with van der Waals surface area (Å²) in [7, 11) is 1.79. The van der Waals surface area contributed by atoms with E-state index < -0.39 is 0 Å². The summed E-state index contributed by atoms with van der Waals surface area (Å²) in [5.41, 5.74) is 1.44. The molecule has 0 unspecified atom stereocenters. The zero-order valence-corrected chi connectivity index (χ0v) is 14.0. The van der Waals surface area contributed by atoms with Crippen LogP contribution in [0.4, 0.5) is 14.5 Å². The molecule has 0 N–H and O–H groups in total. The number of halogens is 2. The second-order valence-electron chi connectivity index (χ2n) is 5.73. The lowest BCUT2D eigenvalue weighted by atomic mass is 10.2. The third-order valence-corrected chi connectivity index (χ3v) is 3.66. The van der Waals surface area contributed by atoms with E-state index in [1.165, 1.54) is 41.3 Å². The molecule has 2 aromatic carbocycles. The summed E-state index contributed by atoms with van der Waals surface area (Å²) in [6.45, 7) is 0.854. The van der Waals surface area contributed by atoms with E-state index in [1.807, 2.05) is 6.07 Å². The molecule has 0 saturated heterocycles. The van der Waals surface area contributed by atoms with Gasteiger partial charge in [0.2, 0.25) is 5.91 Å². The van der Waals surface area contributed by atoms with Crippen LogP contribution in [-0.2, 0) is 11.3 Å². The molecule has 0 spiro atoms. The molecule has 0 bridgehead atoms. The molecule has 0 fully saturated rings. The summed E-state index contributed by atoms with van der Waals surface area (Å²) in [4.78, 5) is 15.9. The Morgan fingerprint density at radius 3 is 2.16 bits per heavy atom. The average molecular weight is 343 g/mol. The van der Waals surface area contributed by atoms with Gasteiger partial charge in [-0.15, -0.1) is 0 Å². The van der Waals surface area contributed by atoms with Gasteiger partial charge in [0.15, 0.2) is 0 Å². The van der Waals surface area contributed by atoms with Gasteiger partial charge in [-0.05, 0) is 49.0 Å². The minimum absolute atomic E-state index is 0.125. The highest BCUT2D eigenvalue weighted by Crippen LogP contribution is 2.16. The Morgan fingerprint density at radius 2 is 1.60 bits per heavy atom. The molecular formula is C19H19F2N3O. The summed E-state index contributed by atoms with van der Waals surface area (Å²) in [5, 5.41) is 8.80. The summed E-state index contributed by atoms with van der Waals surface area (Å²) in [6, 6.07) is 13.7. The Bertz CT molecular complexity index is 739. The Hall–Kier alpha value is -2.78. The van der Waals surface area contributed by atoms with Crippen molar-refractivity contribution in [2.75, 3.05) is 25.0 Å². The summed E-state index contributed by atoms with van der Waals surface area (Å²) < 4.78 is 26.0. The quantitative estimate of drug-likeness (QED) is 0.775. The molecule has 25 heavy (non-hydrogen) atoms. The molecule has 130 valence electrons. The maximum Gasteiger partial charge on any atom is 0.241 e. The number of amides is 1. The first-order valence-electron chi connectivity index (χ1n) is 7.85. The summed E-state index contributed by atoms with van der Waals surface area (Å²) in [6.07, 6.45) is 0.185. The van der Waals surface area contributed by atoms with Gasteiger partial charge in [-0.3, -0.25) is 9.69 Å². The highest BCUT2D eigenvalue weighted by Gasteiger charge is 2.17. The fourth-order valence-corrected chi connectivity index (χ4v) is 2.45. The van der Waals surface area contributed by atoms with E-state index >= 15 is 0 Å². The van der Waals surface area contributed by atoms with E-state index in [0.717, 1.165) is 5.56 Å². The monoisotopic (exact) mass is 343 g/mol. The van der Waals surface area contributed by atoms with Crippen LogP contribution in [0, 0.1) is 23.0 Å². The maximum atomic E-state index is 13.1. The fraction of sp³-hybridized carbons (Fsp3) is 0.263. The molecule has 1 amide bonds. The van der Waals surface area contributed by atoms with Gasteiger partial charge in [-0.1, -0.05) is 12.1 Å². The second-order valence-corrected chi connectivity index (χ2v) is 5.73. The first-order valence-corrected chi connectivity index (χ1v) is 7.85. The highest BCUT2D eigenvalue weighted by molar-refractivity contribution is 5.94. The molecule has 0 aliphatic carbocycles. The lowest BCUT2D eigenvalue weighted by Gasteiger charge is -2.25. The van der Waals surface area contributed by atoms with E-state index in [1.54, 1.807) is 24.1 Å². The van der Waals surface area contributed by atoms with Crippen LogP contribution in [0.1, 0.15) is 12.0 Å². The first-order chi connectivity index (χ1) is 12.0. The fourth-order valence-electron chi connectivity index (χ4n) is 2.45. The molecule has 2 rings (SSSR count). The van der Waals surface area contributed by atoms with Crippen molar-refractivity contribution in [2.45, 2.75) is 13.0 Å². The normalized spacial score (nSPS) is 10.5. The maximum absolute atomic E-state index is 13.1. The lowest BCUT2D eigenvalue weighted by molar-refractivity contribution is -0.119. The largest absolute Gasteiger partial charge is 0.310 e. The minimum Gasteiger partial charge on any atom is -0.310 e. The Labute approximate surface area is 145 Å². The van der Waals surface area contributed by atoms with Crippen LogP contribution in [0.15, 0.2) is 48.5 Å². The molecular weight excluding hydrogens is 324 g/mol. The van der Waals surface area contributed by atoms with E-state index in [2.05, 4.69) is 0 Å². The lowest BCUT2D eigenvalue weighted by Crippen LogP contribution is -2.39. The molecule has 0 radical (unpaired) electrons. The Kier molecular flexibility index (Phi) is 6.61. The second kappa shape index (κ2) is 8.90. The summed E-state index contributed by atoms with van der Waals surface area (Å²) >= 11 is 0. The number of carbonyl (C=O) groups is 1. The third kappa shape index (κ3) is 5.66. The number of nitrogens with zero attached hydrogens (tertiary/aromatic N) is 3. The standard InChI is InChI=1S/C19H19F2N3O/c1-23(13-15-3-5-16(20)6-4-15)14-19(25)24(12-2-11-22)18-9-7-17(21)8-10-18/h3-10H,2,12-14H2,1H3. The van der Waals surface area contributed by atoms with Crippen molar-refractivity contribution in [3.63, 3.8) is 0 Å². The molecule has 0 aromatic heterocycles. The molecule has 0 saturated carbocycles. The first kappa shape index (κ1) is 18.6. The highest BCUT2D eigenvalue weighted by atomic mass is 19.1. The van der Waals surface area contributed by atoms with E-state index in [4.69, 9.17) is 5.26 Å². The zero-order chi connectivity index (χ0) is 18.2. The van der Waals surface area contributed by atoms with Crippen molar-refractivity contribution >= 4 is 11.6 Å². The zero-order valence-electron chi connectivity index (χ0n) is 14.0. The van der Waals surface area contributed by atoms with Crippen molar-refractivity contribution in [1.82, 2.24) is 4.90 Å². The van der Waals surface area contributed by atoms with Gasteiger partial charge in [-0.2, -0.15) is 5.26 Å². The molecule has 6 heteroatoms. The smallest absolute Gasteiger partial charge is 0.241 e. The number of hydrogen-bond acceptors (Lipinski definition) is 3. The molecule has 0 aliphatic heterocycles. The third-order valence-electron chi connectivity index (χ3n) is 3.66. The Balaban J connectivity index is 2.04. The van der Waals surface area contributed by atoms with E-state index in [9.17, 15) is 13.6 Å². The van der Waals surface area contributed by atoms with Crippen molar-refractivity contribution in [3.8, 4) is 6.07 Å². The number of likely N-dealkylation sites (N-methyl/N-ethyl adjacent to an activating group) is 1. The molecule has 2 aromatic rings. The van der Waals surface area contributed by atoms with Crippen LogP contribution in [0.2, 0.25) is 0 Å². The SMILES string of the molecule is CN(CC(=O)N(CCC#N)c1ccc(F)cc1)Cc1ccc(F)cc1. The van der Waals surface area contributed by atoms with Gasteiger partial charge in [0, 0.05) is 18.8 Å². The van der Waals surface area contributed by atoms with Gasteiger partial charge in [0.25, 0.3) is 0 Å². The number of rotatable bonds is 7. The minimum atomic E-state index is -0.384. The number of nitriles is 1. The molecule has 0 heterocycles. The molecule has 0 atom stereocenters. The predicted octanol–water partition coefficient (Wildman–Crippen LogP) is 3.34. The van der Waals surface area contributed by atoms with Crippen molar-refractivity contribution in [1.29, 1.82) is 5.26 Å². The van der Waals surface area contributed by atoms with Crippen LogP contribution in [0.3, 0.4) is 0 Å². The molecule has 4 nitrogen and oxygen atoms in total. The van der Waals surface area contributed by atoms with Crippen molar-refractivity contribution in [2.24, 2.45) is 0 Å². The summed E-state index contributed by atoms with van der Waals surface area (Å²) in [5.74, 6) is -0.877. The van der Waals surface area contributed by atoms with E-state index in [-0.39, 0.29) is 37.1 Å². The van der Waals surface area contributed by atoms with Gasteiger partial charge >= 0.3 is 0 Å². The van der Waals surface area contributed by atoms with Gasteiger partial charge < -0.3 is 4.90 Å². The van der Waals surface area contributed by atoms with Crippen LogP contribution in [0.5, 0.6) is 0 Å². The van der Waals surface area contributed by atoms with Crippen LogP contribution >= 0.6 is 0 Å². The number of anilines is 1. The van der Waals surface area contributed by atoms with Crippen molar-refractivity contribution in [3.05, 3.63) is 65.7 Å². The van der Waals surface area contributed by atoms with Crippen LogP contribution in [-0.4, -0.2) is 30.9 Å². The average Bonchev–Trinajstić information content (AvgIpc) is 2.58. The van der Waals surface area contributed by atoms with Crippen LogP contribution < -0.4 is 4.90 Å². The Morgan fingerprint density at radius 1 is 1.04 bits per heavy atom. The van der Waals surface area contributed by atoms with Gasteiger partial charge in [0.1, 0.15) is 11.6 Å². The van der Waals surface area contributed by atoms with E-state index in [0.29, 0.717) is 12.2 Å². The topological polar surface area (TPSA) is 47.3 Å². The predicted molar refractivity (Wildman–Crippen MR) is 91.7 cm³/mol. The van der Waals surface area contributed by atoms with Crippen molar-refractivity contribution < 1.29 is 13.6 Å². The number of carbonyl (C=O) groups excluding carboxylic acids is 1. The number of benzene rings is 2. The van der Waals surface area contributed by atoms with Gasteiger partial charge in [-0.25, -0.2) is 8.78 Å². The molecule has 0 aliphatic rings. The van der Waals surface area contributed by atoms with Gasteiger partial charge in [0.05, 0.1) is 19.0 Å². The van der Waals surface area contributed by atoms with Crippen LogP contribution in [0.25, 0.3) is 0 Å².